The Bertz CT molecular complexity index is 1100. The quantitative estimate of drug-likeness (QED) is 0.346. The van der Waals surface area contributed by atoms with Gasteiger partial charge in [0.1, 0.15) is 17.5 Å². The molecule has 3 rings (SSSR count). The molecule has 3 aromatic rings. The summed E-state index contributed by atoms with van der Waals surface area (Å²) in [6.45, 7) is 5.20. The van der Waals surface area contributed by atoms with E-state index in [0.717, 1.165) is 28.2 Å². The van der Waals surface area contributed by atoms with E-state index in [0.29, 0.717) is 32.5 Å². The molecule has 0 unspecified atom stereocenters. The molecule has 1 N–H and O–H groups in total. The number of carbonyl (C=O) groups is 2. The molecule has 0 bridgehead atoms. The molecule has 0 saturated heterocycles. The van der Waals surface area contributed by atoms with Crippen molar-refractivity contribution in [2.45, 2.75) is 45.7 Å². The topological polar surface area (TPSA) is 67.9 Å². The number of amides is 2. The summed E-state index contributed by atoms with van der Waals surface area (Å²) in [4.78, 5) is 28.5. The van der Waals surface area contributed by atoms with Crippen molar-refractivity contribution in [3.05, 3.63) is 95.6 Å². The smallest absolute Gasteiger partial charge is 0.243 e. The lowest BCUT2D eigenvalue weighted by atomic mass is 10.0. The SMILES string of the molecule is CCNC(=O)[C@H](Cc1ccccc1)N(Cc1ccccc1C)C(=O)CCCOc1ccc(OC)cc1. The van der Waals surface area contributed by atoms with Gasteiger partial charge in [0.05, 0.1) is 13.7 Å². The maximum Gasteiger partial charge on any atom is 0.243 e. The Labute approximate surface area is 214 Å². The molecule has 3 aromatic carbocycles. The van der Waals surface area contributed by atoms with E-state index in [2.05, 4.69) is 5.32 Å². The Morgan fingerprint density at radius 2 is 1.58 bits per heavy atom. The summed E-state index contributed by atoms with van der Waals surface area (Å²) in [5, 5.41) is 2.93. The molecule has 0 spiro atoms. The van der Waals surface area contributed by atoms with Crippen LogP contribution in [0.4, 0.5) is 0 Å². The van der Waals surface area contributed by atoms with E-state index in [1.165, 1.54) is 0 Å². The predicted molar refractivity (Wildman–Crippen MR) is 142 cm³/mol. The minimum atomic E-state index is -0.609. The van der Waals surface area contributed by atoms with E-state index in [1.54, 1.807) is 12.0 Å². The van der Waals surface area contributed by atoms with E-state index in [9.17, 15) is 9.59 Å². The number of nitrogens with zero attached hydrogens (tertiary/aromatic N) is 1. The number of rotatable bonds is 13. The summed E-state index contributed by atoms with van der Waals surface area (Å²) in [6, 6.07) is 24.6. The molecule has 2 amide bonds. The van der Waals surface area contributed by atoms with Crippen LogP contribution in [-0.2, 0) is 22.6 Å². The van der Waals surface area contributed by atoms with Gasteiger partial charge in [-0.2, -0.15) is 0 Å². The Balaban J connectivity index is 1.75. The second kappa shape index (κ2) is 13.9. The molecule has 6 heteroatoms. The maximum atomic E-state index is 13.6. The second-order valence-electron chi connectivity index (χ2n) is 8.68. The van der Waals surface area contributed by atoms with Crippen LogP contribution in [0.15, 0.2) is 78.9 Å². The van der Waals surface area contributed by atoms with Crippen LogP contribution in [0, 0.1) is 6.92 Å². The fraction of sp³-hybridized carbons (Fsp3) is 0.333. The molecule has 0 radical (unpaired) electrons. The average Bonchev–Trinajstić information content (AvgIpc) is 2.90. The fourth-order valence-corrected chi connectivity index (χ4v) is 4.05. The number of ether oxygens (including phenoxy) is 2. The molecule has 0 aliphatic rings. The summed E-state index contributed by atoms with van der Waals surface area (Å²) in [5.74, 6) is 1.28. The molecule has 0 aromatic heterocycles. The first-order chi connectivity index (χ1) is 17.5. The van der Waals surface area contributed by atoms with Gasteiger partial charge in [0, 0.05) is 25.9 Å². The molecule has 36 heavy (non-hydrogen) atoms. The molecule has 0 aliphatic heterocycles. The standard InChI is InChI=1S/C30H36N2O4/c1-4-31-30(34)28(21-24-12-6-5-7-13-24)32(22-25-14-9-8-11-23(25)2)29(33)15-10-20-36-27-18-16-26(35-3)17-19-27/h5-9,11-14,16-19,28H,4,10,15,20-22H2,1-3H3,(H,31,34)/t28-/m0/s1. The van der Waals surface area contributed by atoms with E-state index in [-0.39, 0.29) is 18.2 Å². The predicted octanol–water partition coefficient (Wildman–Crippen LogP) is 4.94. The number of carbonyl (C=O) groups excluding carboxylic acids is 2. The largest absolute Gasteiger partial charge is 0.497 e. The van der Waals surface area contributed by atoms with Gasteiger partial charge in [-0.25, -0.2) is 0 Å². The third-order valence-electron chi connectivity index (χ3n) is 6.09. The third-order valence-corrected chi connectivity index (χ3v) is 6.09. The van der Waals surface area contributed by atoms with Gasteiger partial charge in [0.15, 0.2) is 0 Å². The Morgan fingerprint density at radius 1 is 0.917 bits per heavy atom. The van der Waals surface area contributed by atoms with Crippen LogP contribution >= 0.6 is 0 Å². The first-order valence-corrected chi connectivity index (χ1v) is 12.4. The minimum absolute atomic E-state index is 0.0660. The third kappa shape index (κ3) is 7.87. The van der Waals surface area contributed by atoms with Crippen LogP contribution in [0.2, 0.25) is 0 Å². The summed E-state index contributed by atoms with van der Waals surface area (Å²) < 4.78 is 11.0. The zero-order chi connectivity index (χ0) is 25.8. The van der Waals surface area contributed by atoms with Crippen molar-refractivity contribution in [2.75, 3.05) is 20.3 Å². The number of benzene rings is 3. The molecule has 6 nitrogen and oxygen atoms in total. The van der Waals surface area contributed by atoms with Gasteiger partial charge >= 0.3 is 0 Å². The van der Waals surface area contributed by atoms with E-state index in [1.807, 2.05) is 92.7 Å². The number of hydrogen-bond donors (Lipinski definition) is 1. The summed E-state index contributed by atoms with van der Waals surface area (Å²) in [7, 11) is 1.62. The highest BCUT2D eigenvalue weighted by atomic mass is 16.5. The minimum Gasteiger partial charge on any atom is -0.497 e. The molecule has 1 atom stereocenters. The highest BCUT2D eigenvalue weighted by Gasteiger charge is 2.30. The Morgan fingerprint density at radius 3 is 2.25 bits per heavy atom. The van der Waals surface area contributed by atoms with Gasteiger partial charge in [-0.15, -0.1) is 0 Å². The number of aryl methyl sites for hydroxylation is 1. The fourth-order valence-electron chi connectivity index (χ4n) is 4.05. The average molecular weight is 489 g/mol. The van der Waals surface area contributed by atoms with Crippen LogP contribution in [0.25, 0.3) is 0 Å². The van der Waals surface area contributed by atoms with E-state index in [4.69, 9.17) is 9.47 Å². The molecule has 0 aliphatic carbocycles. The van der Waals surface area contributed by atoms with Crippen molar-refractivity contribution >= 4 is 11.8 Å². The lowest BCUT2D eigenvalue weighted by Gasteiger charge is -2.32. The van der Waals surface area contributed by atoms with Crippen LogP contribution in [0.3, 0.4) is 0 Å². The highest BCUT2D eigenvalue weighted by molar-refractivity contribution is 5.88. The van der Waals surface area contributed by atoms with Gasteiger partial charge in [-0.05, 0) is 61.2 Å². The normalized spacial score (nSPS) is 11.4. The van der Waals surface area contributed by atoms with E-state index >= 15 is 0 Å². The molecule has 190 valence electrons. The zero-order valence-electron chi connectivity index (χ0n) is 21.4. The molecule has 0 saturated carbocycles. The number of nitrogens with one attached hydrogen (secondary N) is 1. The van der Waals surface area contributed by atoms with Gasteiger partial charge in [-0.3, -0.25) is 9.59 Å². The highest BCUT2D eigenvalue weighted by Crippen LogP contribution is 2.20. The molecular formula is C30H36N2O4. The van der Waals surface area contributed by atoms with Crippen LogP contribution in [-0.4, -0.2) is 43.0 Å². The van der Waals surface area contributed by atoms with Gasteiger partial charge in [0.2, 0.25) is 11.8 Å². The van der Waals surface area contributed by atoms with Gasteiger partial charge in [-0.1, -0.05) is 54.6 Å². The van der Waals surface area contributed by atoms with Crippen molar-refractivity contribution in [1.29, 1.82) is 0 Å². The second-order valence-corrected chi connectivity index (χ2v) is 8.68. The first-order valence-electron chi connectivity index (χ1n) is 12.4. The number of methoxy groups -OCH3 is 1. The summed E-state index contributed by atoms with van der Waals surface area (Å²) >= 11 is 0. The van der Waals surface area contributed by atoms with Gasteiger partial charge in [0.25, 0.3) is 0 Å². The monoisotopic (exact) mass is 488 g/mol. The summed E-state index contributed by atoms with van der Waals surface area (Å²) in [5.41, 5.74) is 3.13. The van der Waals surface area contributed by atoms with Crippen molar-refractivity contribution < 1.29 is 19.1 Å². The number of hydrogen-bond acceptors (Lipinski definition) is 4. The summed E-state index contributed by atoms with van der Waals surface area (Å²) in [6.07, 6.45) is 1.28. The van der Waals surface area contributed by atoms with E-state index < -0.39 is 6.04 Å². The van der Waals surface area contributed by atoms with Crippen LogP contribution in [0.1, 0.15) is 36.5 Å². The molecular weight excluding hydrogens is 452 g/mol. The van der Waals surface area contributed by atoms with Gasteiger partial charge < -0.3 is 19.7 Å². The Kier molecular flexibility index (Phi) is 10.4. The first kappa shape index (κ1) is 26.8. The maximum absolute atomic E-state index is 13.6. The lowest BCUT2D eigenvalue weighted by Crippen LogP contribution is -2.50. The van der Waals surface area contributed by atoms with Crippen molar-refractivity contribution in [1.82, 2.24) is 10.2 Å². The van der Waals surface area contributed by atoms with Crippen LogP contribution in [0.5, 0.6) is 11.5 Å². The van der Waals surface area contributed by atoms with Crippen molar-refractivity contribution in [3.8, 4) is 11.5 Å². The Hall–Kier alpha value is -3.80. The van der Waals surface area contributed by atoms with Crippen molar-refractivity contribution in [2.24, 2.45) is 0 Å². The lowest BCUT2D eigenvalue weighted by molar-refractivity contribution is -0.141. The zero-order valence-corrected chi connectivity index (χ0v) is 21.4. The molecule has 0 fully saturated rings. The van der Waals surface area contributed by atoms with Crippen LogP contribution < -0.4 is 14.8 Å². The molecule has 0 heterocycles. The van der Waals surface area contributed by atoms with Crippen molar-refractivity contribution in [3.63, 3.8) is 0 Å². The number of likely N-dealkylation sites (N-methyl/N-ethyl adjacent to an activating group) is 1.